The highest BCUT2D eigenvalue weighted by Crippen LogP contribution is 2.02. The molecule has 0 spiro atoms. The molecule has 74 valence electrons. The number of aryl methyl sites for hydroxylation is 1. The zero-order valence-electron chi connectivity index (χ0n) is 7.82. The van der Waals surface area contributed by atoms with Crippen LogP contribution in [0.5, 0.6) is 0 Å². The van der Waals surface area contributed by atoms with Crippen molar-refractivity contribution < 1.29 is 5.11 Å². The van der Waals surface area contributed by atoms with Gasteiger partial charge in [-0.1, -0.05) is 0 Å². The average Bonchev–Trinajstić information content (AvgIpc) is 2.48. The van der Waals surface area contributed by atoms with Crippen LogP contribution in [0.1, 0.15) is 11.4 Å². The molecule has 2 rings (SSSR count). The molecule has 0 aromatic carbocycles. The Morgan fingerprint density at radius 2 is 2.36 bits per heavy atom. The fraction of sp³-hybridized carbons (Fsp3) is 0.333. The minimum Gasteiger partial charge on any atom is -0.396 e. The number of fused-ring (bicyclic) bond motifs is 1. The van der Waals surface area contributed by atoms with Crippen molar-refractivity contribution in [3.05, 3.63) is 33.9 Å². The fourth-order valence-corrected chi connectivity index (χ4v) is 1.41. The highest BCUT2D eigenvalue weighted by atomic mass is 16.3. The van der Waals surface area contributed by atoms with Crippen LogP contribution in [0.15, 0.2) is 16.9 Å². The topological polar surface area (TPSA) is 70.4 Å². The standard InChI is InChI=1S/C9H11N3O2/c1-6-4-9(14)12-8(10-6)5-7(11-12)2-3-13/h4-5,11,13H,2-3H2,1H3. The Morgan fingerprint density at radius 1 is 1.57 bits per heavy atom. The summed E-state index contributed by atoms with van der Waals surface area (Å²) in [5, 5.41) is 11.6. The normalized spacial score (nSPS) is 11.0. The van der Waals surface area contributed by atoms with E-state index in [0.717, 1.165) is 5.69 Å². The first kappa shape index (κ1) is 8.96. The van der Waals surface area contributed by atoms with Gasteiger partial charge in [0.25, 0.3) is 5.56 Å². The molecule has 0 fully saturated rings. The van der Waals surface area contributed by atoms with Gasteiger partial charge in [-0.15, -0.1) is 0 Å². The molecule has 0 aliphatic heterocycles. The first-order chi connectivity index (χ1) is 6.70. The number of aliphatic hydroxyl groups is 1. The maximum atomic E-state index is 11.4. The van der Waals surface area contributed by atoms with Gasteiger partial charge in [0, 0.05) is 36.5 Å². The Kier molecular flexibility index (Phi) is 2.09. The van der Waals surface area contributed by atoms with Crippen molar-refractivity contribution in [2.24, 2.45) is 0 Å². The van der Waals surface area contributed by atoms with E-state index in [1.165, 1.54) is 10.6 Å². The van der Waals surface area contributed by atoms with Crippen molar-refractivity contribution in [3.63, 3.8) is 0 Å². The molecule has 0 bridgehead atoms. The number of nitrogens with zero attached hydrogens (tertiary/aromatic N) is 2. The number of rotatable bonds is 2. The molecule has 2 aromatic heterocycles. The van der Waals surface area contributed by atoms with Gasteiger partial charge in [-0.05, 0) is 6.92 Å². The van der Waals surface area contributed by atoms with Crippen LogP contribution in [-0.4, -0.2) is 26.3 Å². The molecule has 2 aromatic rings. The molecular formula is C9H11N3O2. The zero-order valence-corrected chi connectivity index (χ0v) is 7.82. The maximum absolute atomic E-state index is 11.4. The third kappa shape index (κ3) is 1.42. The number of aliphatic hydroxyl groups excluding tert-OH is 1. The molecule has 2 heterocycles. The van der Waals surface area contributed by atoms with Crippen molar-refractivity contribution >= 4 is 5.65 Å². The van der Waals surface area contributed by atoms with E-state index in [-0.39, 0.29) is 12.2 Å². The van der Waals surface area contributed by atoms with Crippen LogP contribution in [-0.2, 0) is 6.42 Å². The van der Waals surface area contributed by atoms with Crippen molar-refractivity contribution in [1.82, 2.24) is 14.6 Å². The van der Waals surface area contributed by atoms with Crippen molar-refractivity contribution in [2.45, 2.75) is 13.3 Å². The lowest BCUT2D eigenvalue weighted by molar-refractivity contribution is 0.298. The average molecular weight is 193 g/mol. The number of hydrogen-bond donors (Lipinski definition) is 2. The SMILES string of the molecule is Cc1cc(=O)n2[nH]c(CCO)cc2n1. The van der Waals surface area contributed by atoms with Crippen LogP contribution in [0.25, 0.3) is 5.65 Å². The maximum Gasteiger partial charge on any atom is 0.272 e. The Balaban J connectivity index is 2.65. The van der Waals surface area contributed by atoms with Crippen LogP contribution in [0, 0.1) is 6.92 Å². The Labute approximate surface area is 80.0 Å². The number of aromatic amines is 1. The van der Waals surface area contributed by atoms with Gasteiger partial charge in [-0.3, -0.25) is 9.89 Å². The molecule has 0 saturated heterocycles. The Bertz CT molecular complexity index is 512. The summed E-state index contributed by atoms with van der Waals surface area (Å²) >= 11 is 0. The molecular weight excluding hydrogens is 182 g/mol. The Morgan fingerprint density at radius 3 is 3.07 bits per heavy atom. The molecule has 2 N–H and O–H groups in total. The fourth-order valence-electron chi connectivity index (χ4n) is 1.41. The molecule has 5 heteroatoms. The van der Waals surface area contributed by atoms with E-state index in [4.69, 9.17) is 5.11 Å². The second-order valence-corrected chi connectivity index (χ2v) is 3.18. The van der Waals surface area contributed by atoms with E-state index in [2.05, 4.69) is 10.1 Å². The third-order valence-electron chi connectivity index (χ3n) is 2.01. The number of aromatic nitrogens is 3. The molecule has 0 radical (unpaired) electrons. The summed E-state index contributed by atoms with van der Waals surface area (Å²) in [7, 11) is 0. The summed E-state index contributed by atoms with van der Waals surface area (Å²) in [5.41, 5.74) is 1.97. The minimum atomic E-state index is -0.128. The summed E-state index contributed by atoms with van der Waals surface area (Å²) in [6.07, 6.45) is 0.502. The van der Waals surface area contributed by atoms with Gasteiger partial charge >= 0.3 is 0 Å². The molecule has 14 heavy (non-hydrogen) atoms. The van der Waals surface area contributed by atoms with Gasteiger partial charge in [-0.2, -0.15) is 0 Å². The number of hydrogen-bond acceptors (Lipinski definition) is 3. The van der Waals surface area contributed by atoms with Crippen molar-refractivity contribution in [1.29, 1.82) is 0 Å². The van der Waals surface area contributed by atoms with E-state index in [9.17, 15) is 4.79 Å². The van der Waals surface area contributed by atoms with Crippen LogP contribution >= 0.6 is 0 Å². The largest absolute Gasteiger partial charge is 0.396 e. The number of nitrogens with one attached hydrogen (secondary N) is 1. The lowest BCUT2D eigenvalue weighted by Gasteiger charge is -1.92. The van der Waals surface area contributed by atoms with E-state index >= 15 is 0 Å². The molecule has 0 atom stereocenters. The summed E-state index contributed by atoms with van der Waals surface area (Å²) < 4.78 is 1.37. The molecule has 0 saturated carbocycles. The molecule has 0 amide bonds. The molecule has 0 unspecified atom stereocenters. The van der Waals surface area contributed by atoms with Gasteiger partial charge in [0.2, 0.25) is 0 Å². The smallest absolute Gasteiger partial charge is 0.272 e. The number of H-pyrrole nitrogens is 1. The lowest BCUT2D eigenvalue weighted by Crippen LogP contribution is -2.14. The first-order valence-electron chi connectivity index (χ1n) is 4.40. The van der Waals surface area contributed by atoms with Gasteiger partial charge in [0.05, 0.1) is 0 Å². The Hall–Kier alpha value is -1.62. The summed E-state index contributed by atoms with van der Waals surface area (Å²) in [6, 6.07) is 3.23. The van der Waals surface area contributed by atoms with E-state index in [1.807, 2.05) is 0 Å². The van der Waals surface area contributed by atoms with Gasteiger partial charge < -0.3 is 5.11 Å². The monoisotopic (exact) mass is 193 g/mol. The van der Waals surface area contributed by atoms with Crippen molar-refractivity contribution in [3.8, 4) is 0 Å². The van der Waals surface area contributed by atoms with E-state index < -0.39 is 0 Å². The minimum absolute atomic E-state index is 0.0561. The predicted molar refractivity (Wildman–Crippen MR) is 51.3 cm³/mol. The summed E-state index contributed by atoms with van der Waals surface area (Å²) in [4.78, 5) is 15.6. The van der Waals surface area contributed by atoms with Gasteiger partial charge in [0.1, 0.15) is 0 Å². The first-order valence-corrected chi connectivity index (χ1v) is 4.40. The molecule has 0 aliphatic rings. The highest BCUT2D eigenvalue weighted by molar-refractivity contribution is 5.39. The second-order valence-electron chi connectivity index (χ2n) is 3.18. The second kappa shape index (κ2) is 3.26. The summed E-state index contributed by atoms with van der Waals surface area (Å²) in [5.74, 6) is 0. The predicted octanol–water partition coefficient (Wildman–Crippen LogP) is -0.134. The van der Waals surface area contributed by atoms with Crippen LogP contribution in [0.2, 0.25) is 0 Å². The molecule has 5 nitrogen and oxygen atoms in total. The van der Waals surface area contributed by atoms with Crippen LogP contribution < -0.4 is 5.56 Å². The molecule has 0 aliphatic carbocycles. The third-order valence-corrected chi connectivity index (χ3v) is 2.01. The highest BCUT2D eigenvalue weighted by Gasteiger charge is 2.03. The zero-order chi connectivity index (χ0) is 10.1. The lowest BCUT2D eigenvalue weighted by atomic mass is 10.3. The van der Waals surface area contributed by atoms with E-state index in [0.29, 0.717) is 17.8 Å². The van der Waals surface area contributed by atoms with Gasteiger partial charge in [0.15, 0.2) is 5.65 Å². The van der Waals surface area contributed by atoms with Crippen LogP contribution in [0.4, 0.5) is 0 Å². The summed E-state index contributed by atoms with van der Waals surface area (Å²) in [6.45, 7) is 1.83. The van der Waals surface area contributed by atoms with E-state index in [1.54, 1.807) is 13.0 Å². The quantitative estimate of drug-likeness (QED) is 0.697. The van der Waals surface area contributed by atoms with Crippen LogP contribution in [0.3, 0.4) is 0 Å². The van der Waals surface area contributed by atoms with Gasteiger partial charge in [-0.25, -0.2) is 9.50 Å². The van der Waals surface area contributed by atoms with Crippen molar-refractivity contribution in [2.75, 3.05) is 6.61 Å².